The first kappa shape index (κ1) is 19.5. The summed E-state index contributed by atoms with van der Waals surface area (Å²) in [5.41, 5.74) is 1.71. The highest BCUT2D eigenvalue weighted by molar-refractivity contribution is 6.30. The van der Waals surface area contributed by atoms with Crippen molar-refractivity contribution in [2.45, 2.75) is 25.2 Å². The Balaban J connectivity index is 1.45. The van der Waals surface area contributed by atoms with Crippen molar-refractivity contribution in [2.75, 3.05) is 20.2 Å². The summed E-state index contributed by atoms with van der Waals surface area (Å²) in [7, 11) is 1.58. The van der Waals surface area contributed by atoms with E-state index in [0.717, 1.165) is 30.7 Å². The molecule has 5 nitrogen and oxygen atoms in total. The van der Waals surface area contributed by atoms with Crippen LogP contribution in [0.2, 0.25) is 5.02 Å². The summed E-state index contributed by atoms with van der Waals surface area (Å²) in [4.78, 5) is 19.4. The number of piperidine rings is 1. The van der Waals surface area contributed by atoms with Gasteiger partial charge in [0.25, 0.3) is 5.91 Å². The number of amides is 1. The molecule has 4 rings (SSSR count). The van der Waals surface area contributed by atoms with Gasteiger partial charge in [-0.1, -0.05) is 35.9 Å². The second-order valence-electron chi connectivity index (χ2n) is 7.26. The fourth-order valence-corrected chi connectivity index (χ4v) is 3.88. The molecular formula is C23H23ClN2O3. The number of oxazole rings is 1. The highest BCUT2D eigenvalue weighted by Crippen LogP contribution is 2.29. The Bertz CT molecular complexity index is 984. The Morgan fingerprint density at radius 1 is 1.24 bits per heavy atom. The van der Waals surface area contributed by atoms with E-state index in [0.29, 0.717) is 35.2 Å². The Morgan fingerprint density at radius 3 is 2.83 bits per heavy atom. The molecule has 0 spiro atoms. The molecule has 1 atom stereocenters. The average Bonchev–Trinajstić information content (AvgIpc) is 3.23. The van der Waals surface area contributed by atoms with Crippen molar-refractivity contribution in [3.8, 4) is 5.75 Å². The topological polar surface area (TPSA) is 55.6 Å². The fourth-order valence-electron chi connectivity index (χ4n) is 3.75. The van der Waals surface area contributed by atoms with Crippen molar-refractivity contribution in [3.63, 3.8) is 0 Å². The van der Waals surface area contributed by atoms with E-state index < -0.39 is 0 Å². The largest absolute Gasteiger partial charge is 0.496 e. The van der Waals surface area contributed by atoms with Crippen LogP contribution in [0.15, 0.2) is 59.1 Å². The number of nitrogens with zero attached hydrogens (tertiary/aromatic N) is 2. The molecular weight excluding hydrogens is 388 g/mol. The van der Waals surface area contributed by atoms with Gasteiger partial charge in [0.2, 0.25) is 0 Å². The first-order valence-corrected chi connectivity index (χ1v) is 10.1. The van der Waals surface area contributed by atoms with Gasteiger partial charge >= 0.3 is 0 Å². The number of rotatable bonds is 5. The molecule has 2 heterocycles. The lowest BCUT2D eigenvalue weighted by atomic mass is 9.97. The van der Waals surface area contributed by atoms with E-state index in [9.17, 15) is 4.79 Å². The molecule has 3 aromatic rings. The van der Waals surface area contributed by atoms with E-state index in [1.807, 2.05) is 47.4 Å². The van der Waals surface area contributed by atoms with E-state index in [2.05, 4.69) is 4.98 Å². The number of carbonyl (C=O) groups is 1. The van der Waals surface area contributed by atoms with E-state index >= 15 is 0 Å². The van der Waals surface area contributed by atoms with Crippen LogP contribution in [0.4, 0.5) is 0 Å². The number of methoxy groups -OCH3 is 1. The van der Waals surface area contributed by atoms with Crippen molar-refractivity contribution >= 4 is 17.5 Å². The molecule has 0 radical (unpaired) electrons. The summed E-state index contributed by atoms with van der Waals surface area (Å²) in [5, 5.41) is 0.717. The third-order valence-corrected chi connectivity index (χ3v) is 5.51. The minimum atomic E-state index is -0.0138. The summed E-state index contributed by atoms with van der Waals surface area (Å²) in [6.45, 7) is 1.32. The number of ether oxygens (including phenoxy) is 1. The molecule has 0 saturated carbocycles. The highest BCUT2D eigenvalue weighted by Gasteiger charge is 2.29. The Morgan fingerprint density at radius 2 is 2.03 bits per heavy atom. The van der Waals surface area contributed by atoms with Crippen LogP contribution in [0, 0.1) is 0 Å². The summed E-state index contributed by atoms with van der Waals surface area (Å²) in [5.74, 6) is 2.20. The number of likely N-dealkylation sites (tertiary alicyclic amines) is 1. The van der Waals surface area contributed by atoms with Crippen LogP contribution in [0.5, 0.6) is 5.75 Å². The van der Waals surface area contributed by atoms with E-state index in [4.69, 9.17) is 20.8 Å². The minimum Gasteiger partial charge on any atom is -0.496 e. The smallest absolute Gasteiger partial charge is 0.257 e. The maximum atomic E-state index is 13.0. The van der Waals surface area contributed by atoms with Gasteiger partial charge in [0.15, 0.2) is 5.89 Å². The van der Waals surface area contributed by atoms with Gasteiger partial charge < -0.3 is 14.1 Å². The summed E-state index contributed by atoms with van der Waals surface area (Å²) < 4.78 is 11.4. The van der Waals surface area contributed by atoms with Gasteiger partial charge in [-0.2, -0.15) is 0 Å². The van der Waals surface area contributed by atoms with Gasteiger partial charge in [-0.05, 0) is 42.7 Å². The van der Waals surface area contributed by atoms with Crippen molar-refractivity contribution in [2.24, 2.45) is 0 Å². The number of para-hydroxylation sites is 1. The van der Waals surface area contributed by atoms with Crippen molar-refractivity contribution in [1.29, 1.82) is 0 Å². The highest BCUT2D eigenvalue weighted by atomic mass is 35.5. The lowest BCUT2D eigenvalue weighted by Gasteiger charge is -2.31. The Labute approximate surface area is 175 Å². The lowest BCUT2D eigenvalue weighted by molar-refractivity contribution is 0.0694. The number of hydrogen-bond acceptors (Lipinski definition) is 4. The van der Waals surface area contributed by atoms with Crippen LogP contribution in [0.25, 0.3) is 0 Å². The normalized spacial score (nSPS) is 16.6. The van der Waals surface area contributed by atoms with Crippen molar-refractivity contribution < 1.29 is 13.9 Å². The zero-order valence-electron chi connectivity index (χ0n) is 16.3. The van der Waals surface area contributed by atoms with Crippen LogP contribution in [0.1, 0.15) is 46.3 Å². The van der Waals surface area contributed by atoms with E-state index in [1.165, 1.54) is 0 Å². The molecule has 1 aliphatic rings. The average molecular weight is 411 g/mol. The quantitative estimate of drug-likeness (QED) is 0.597. The minimum absolute atomic E-state index is 0.0138. The molecule has 2 aromatic carbocycles. The van der Waals surface area contributed by atoms with Crippen molar-refractivity contribution in [1.82, 2.24) is 9.88 Å². The van der Waals surface area contributed by atoms with Crippen LogP contribution in [-0.2, 0) is 6.42 Å². The number of hydrogen-bond donors (Lipinski definition) is 0. The molecule has 0 N–H and O–H groups in total. The lowest BCUT2D eigenvalue weighted by Crippen LogP contribution is -2.39. The van der Waals surface area contributed by atoms with Gasteiger partial charge in [-0.25, -0.2) is 4.98 Å². The SMILES string of the molecule is COc1ccccc1C(=O)N1CCC[C@@H](c2ncc(Cc3ccc(Cl)cc3)o2)C1. The molecule has 29 heavy (non-hydrogen) atoms. The molecule has 150 valence electrons. The molecule has 0 bridgehead atoms. The predicted molar refractivity (Wildman–Crippen MR) is 112 cm³/mol. The molecule has 1 fully saturated rings. The standard InChI is InChI=1S/C23H23ClN2O3/c1-28-21-7-3-2-6-20(21)23(27)26-12-4-5-17(15-26)22-25-14-19(29-22)13-16-8-10-18(24)11-9-16/h2-3,6-11,14,17H,4-5,12-13,15H2,1H3/t17-/m1/s1. The maximum Gasteiger partial charge on any atom is 0.257 e. The molecule has 1 aromatic heterocycles. The fraction of sp³-hybridized carbons (Fsp3) is 0.304. The first-order valence-electron chi connectivity index (χ1n) is 9.75. The number of benzene rings is 2. The van der Waals surface area contributed by atoms with E-state index in [-0.39, 0.29) is 11.8 Å². The zero-order chi connectivity index (χ0) is 20.2. The monoisotopic (exact) mass is 410 g/mol. The second-order valence-corrected chi connectivity index (χ2v) is 7.70. The van der Waals surface area contributed by atoms with Crippen LogP contribution in [-0.4, -0.2) is 36.0 Å². The first-order chi connectivity index (χ1) is 14.1. The van der Waals surface area contributed by atoms with Gasteiger partial charge in [-0.15, -0.1) is 0 Å². The van der Waals surface area contributed by atoms with Gasteiger partial charge in [-0.3, -0.25) is 4.79 Å². The Hall–Kier alpha value is -2.79. The predicted octanol–water partition coefficient (Wildman–Crippen LogP) is 4.95. The van der Waals surface area contributed by atoms with Crippen LogP contribution >= 0.6 is 11.6 Å². The van der Waals surface area contributed by atoms with Gasteiger partial charge in [0.1, 0.15) is 11.5 Å². The molecule has 1 saturated heterocycles. The third kappa shape index (κ3) is 4.46. The molecule has 0 aliphatic carbocycles. The molecule has 0 unspecified atom stereocenters. The number of aromatic nitrogens is 1. The molecule has 1 amide bonds. The maximum absolute atomic E-state index is 13.0. The van der Waals surface area contributed by atoms with E-state index in [1.54, 1.807) is 19.4 Å². The van der Waals surface area contributed by atoms with Crippen LogP contribution < -0.4 is 4.74 Å². The van der Waals surface area contributed by atoms with Gasteiger partial charge in [0, 0.05) is 24.5 Å². The summed E-state index contributed by atoms with van der Waals surface area (Å²) in [6, 6.07) is 15.1. The number of carbonyl (C=O) groups excluding carboxylic acids is 1. The van der Waals surface area contributed by atoms with Crippen molar-refractivity contribution in [3.05, 3.63) is 82.5 Å². The molecule has 1 aliphatic heterocycles. The number of halogens is 1. The third-order valence-electron chi connectivity index (χ3n) is 5.26. The van der Waals surface area contributed by atoms with Gasteiger partial charge in [0.05, 0.1) is 24.8 Å². The molecule has 6 heteroatoms. The summed E-state index contributed by atoms with van der Waals surface area (Å²) >= 11 is 5.95. The second kappa shape index (κ2) is 8.70. The Kier molecular flexibility index (Phi) is 5.86. The zero-order valence-corrected chi connectivity index (χ0v) is 17.1. The van der Waals surface area contributed by atoms with Crippen LogP contribution in [0.3, 0.4) is 0 Å². The summed E-state index contributed by atoms with van der Waals surface area (Å²) in [6.07, 6.45) is 4.32.